The fraction of sp³-hybridized carbons (Fsp3) is 0.400. The van der Waals surface area contributed by atoms with E-state index >= 15 is 0 Å². The molecule has 13 heavy (non-hydrogen) atoms. The molecule has 1 rings (SSSR count). The van der Waals surface area contributed by atoms with Gasteiger partial charge in [0.25, 0.3) is 0 Å². The van der Waals surface area contributed by atoms with E-state index in [0.29, 0.717) is 19.6 Å². The topological polar surface area (TPSA) is 9.23 Å². The van der Waals surface area contributed by atoms with E-state index in [0.717, 1.165) is 5.56 Å². The normalized spacial score (nSPS) is 12.8. The van der Waals surface area contributed by atoms with Crippen LogP contribution in [0.15, 0.2) is 30.3 Å². The summed E-state index contributed by atoms with van der Waals surface area (Å²) in [4.78, 5) is 0. The summed E-state index contributed by atoms with van der Waals surface area (Å²) < 4.78 is 17.5. The highest BCUT2D eigenvalue weighted by molar-refractivity contribution is 9.09. The third-order valence-corrected chi connectivity index (χ3v) is 2.05. The molecule has 72 valence electrons. The van der Waals surface area contributed by atoms with E-state index in [1.54, 1.807) is 0 Å². The number of halogens is 2. The van der Waals surface area contributed by atoms with Crippen LogP contribution in [0.4, 0.5) is 4.39 Å². The van der Waals surface area contributed by atoms with E-state index in [1.807, 2.05) is 30.3 Å². The lowest BCUT2D eigenvalue weighted by Gasteiger charge is -2.03. The Morgan fingerprint density at radius 3 is 2.62 bits per heavy atom. The SMILES string of the molecule is F[C@H](Br)CCOCc1ccccc1. The molecule has 0 N–H and O–H groups in total. The van der Waals surface area contributed by atoms with Crippen molar-refractivity contribution in [1.82, 2.24) is 0 Å². The summed E-state index contributed by atoms with van der Waals surface area (Å²) >= 11 is 2.81. The van der Waals surface area contributed by atoms with Crippen LogP contribution in [0.2, 0.25) is 0 Å². The van der Waals surface area contributed by atoms with E-state index in [1.165, 1.54) is 0 Å². The fourth-order valence-electron chi connectivity index (χ4n) is 0.937. The summed E-state index contributed by atoms with van der Waals surface area (Å²) in [5.74, 6) is 0. The fourth-order valence-corrected chi connectivity index (χ4v) is 1.12. The molecule has 1 nitrogen and oxygen atoms in total. The molecule has 0 amide bonds. The van der Waals surface area contributed by atoms with Gasteiger partial charge in [0.05, 0.1) is 13.2 Å². The quantitative estimate of drug-likeness (QED) is 0.573. The zero-order valence-electron chi connectivity index (χ0n) is 7.25. The molecule has 0 aliphatic heterocycles. The average molecular weight is 247 g/mol. The molecular formula is C10H12BrFO. The van der Waals surface area contributed by atoms with Gasteiger partial charge in [-0.25, -0.2) is 4.39 Å². The monoisotopic (exact) mass is 246 g/mol. The van der Waals surface area contributed by atoms with Gasteiger partial charge in [-0.2, -0.15) is 0 Å². The second-order valence-corrected chi connectivity index (χ2v) is 3.71. The molecule has 0 saturated heterocycles. The molecule has 0 spiro atoms. The maximum atomic E-state index is 12.3. The molecule has 0 aliphatic rings. The van der Waals surface area contributed by atoms with Gasteiger partial charge in [-0.05, 0) is 5.56 Å². The van der Waals surface area contributed by atoms with E-state index in [4.69, 9.17) is 4.74 Å². The largest absolute Gasteiger partial charge is 0.377 e. The number of rotatable bonds is 5. The van der Waals surface area contributed by atoms with Gasteiger partial charge in [0, 0.05) is 6.42 Å². The van der Waals surface area contributed by atoms with Crippen molar-refractivity contribution in [3.05, 3.63) is 35.9 Å². The lowest BCUT2D eigenvalue weighted by molar-refractivity contribution is 0.111. The first-order valence-electron chi connectivity index (χ1n) is 4.19. The van der Waals surface area contributed by atoms with Crippen LogP contribution < -0.4 is 0 Å². The Kier molecular flexibility index (Phi) is 5.01. The number of benzene rings is 1. The molecular weight excluding hydrogens is 235 g/mol. The maximum Gasteiger partial charge on any atom is 0.157 e. The van der Waals surface area contributed by atoms with Crippen LogP contribution in [0.1, 0.15) is 12.0 Å². The average Bonchev–Trinajstić information content (AvgIpc) is 2.14. The summed E-state index contributed by atoms with van der Waals surface area (Å²) in [5, 5.41) is -0.955. The van der Waals surface area contributed by atoms with Crippen molar-refractivity contribution in [2.45, 2.75) is 18.1 Å². The highest BCUT2D eigenvalue weighted by Crippen LogP contribution is 2.07. The molecule has 0 radical (unpaired) electrons. The Morgan fingerprint density at radius 1 is 1.31 bits per heavy atom. The zero-order chi connectivity index (χ0) is 9.52. The second kappa shape index (κ2) is 6.11. The summed E-state index contributed by atoms with van der Waals surface area (Å²) in [6.45, 7) is 1.00. The van der Waals surface area contributed by atoms with Gasteiger partial charge < -0.3 is 4.74 Å². The number of hydrogen-bond donors (Lipinski definition) is 0. The Balaban J connectivity index is 2.13. The maximum absolute atomic E-state index is 12.3. The van der Waals surface area contributed by atoms with E-state index < -0.39 is 5.08 Å². The van der Waals surface area contributed by atoms with Gasteiger partial charge in [0.2, 0.25) is 0 Å². The first kappa shape index (κ1) is 10.7. The van der Waals surface area contributed by atoms with Crippen LogP contribution in [0.3, 0.4) is 0 Å². The van der Waals surface area contributed by atoms with Crippen LogP contribution in [-0.4, -0.2) is 11.7 Å². The Morgan fingerprint density at radius 2 is 2.00 bits per heavy atom. The van der Waals surface area contributed by atoms with Crippen molar-refractivity contribution in [3.63, 3.8) is 0 Å². The molecule has 0 fully saturated rings. The lowest BCUT2D eigenvalue weighted by atomic mass is 10.2. The minimum atomic E-state index is -0.955. The first-order valence-corrected chi connectivity index (χ1v) is 5.10. The molecule has 0 saturated carbocycles. The molecule has 1 aromatic rings. The zero-order valence-corrected chi connectivity index (χ0v) is 8.84. The predicted molar refractivity (Wildman–Crippen MR) is 54.5 cm³/mol. The van der Waals surface area contributed by atoms with Crippen molar-refractivity contribution in [2.75, 3.05) is 6.61 Å². The standard InChI is InChI=1S/C10H12BrFO/c11-10(12)6-7-13-8-9-4-2-1-3-5-9/h1-5,10H,6-8H2/t10-/m0/s1. The molecule has 1 aromatic carbocycles. The van der Waals surface area contributed by atoms with Crippen molar-refractivity contribution < 1.29 is 9.13 Å². The highest BCUT2D eigenvalue weighted by atomic mass is 79.9. The smallest absolute Gasteiger partial charge is 0.157 e. The van der Waals surface area contributed by atoms with E-state index in [9.17, 15) is 4.39 Å². The number of ether oxygens (including phenoxy) is 1. The summed E-state index contributed by atoms with van der Waals surface area (Å²) in [6.07, 6.45) is 0.396. The van der Waals surface area contributed by atoms with Gasteiger partial charge in [-0.3, -0.25) is 0 Å². The van der Waals surface area contributed by atoms with Gasteiger partial charge in [0.15, 0.2) is 5.08 Å². The highest BCUT2D eigenvalue weighted by Gasteiger charge is 1.99. The van der Waals surface area contributed by atoms with Gasteiger partial charge in [-0.15, -0.1) is 0 Å². The van der Waals surface area contributed by atoms with Crippen LogP contribution in [0.5, 0.6) is 0 Å². The lowest BCUT2D eigenvalue weighted by Crippen LogP contribution is -1.99. The van der Waals surface area contributed by atoms with Crippen LogP contribution >= 0.6 is 15.9 Å². The summed E-state index contributed by atoms with van der Waals surface area (Å²) in [5.41, 5.74) is 1.12. The Bertz CT molecular complexity index is 226. The second-order valence-electron chi connectivity index (χ2n) is 2.72. The molecule has 0 bridgehead atoms. The van der Waals surface area contributed by atoms with Crippen molar-refractivity contribution in [2.24, 2.45) is 0 Å². The van der Waals surface area contributed by atoms with Crippen LogP contribution in [0, 0.1) is 0 Å². The molecule has 0 aliphatic carbocycles. The predicted octanol–water partition coefficient (Wildman–Crippen LogP) is 3.28. The minimum absolute atomic E-state index is 0.396. The van der Waals surface area contributed by atoms with E-state index in [-0.39, 0.29) is 0 Å². The van der Waals surface area contributed by atoms with E-state index in [2.05, 4.69) is 15.9 Å². The van der Waals surface area contributed by atoms with Gasteiger partial charge in [-0.1, -0.05) is 46.3 Å². The molecule has 0 heterocycles. The molecule has 0 aromatic heterocycles. The van der Waals surface area contributed by atoms with Crippen LogP contribution in [-0.2, 0) is 11.3 Å². The number of hydrogen-bond acceptors (Lipinski definition) is 1. The van der Waals surface area contributed by atoms with Crippen molar-refractivity contribution >= 4 is 15.9 Å². The van der Waals surface area contributed by atoms with Crippen molar-refractivity contribution in [3.8, 4) is 0 Å². The molecule has 0 unspecified atom stereocenters. The summed E-state index contributed by atoms with van der Waals surface area (Å²) in [6, 6.07) is 9.85. The van der Waals surface area contributed by atoms with Gasteiger partial charge in [0.1, 0.15) is 0 Å². The van der Waals surface area contributed by atoms with Crippen LogP contribution in [0.25, 0.3) is 0 Å². The van der Waals surface area contributed by atoms with Gasteiger partial charge >= 0.3 is 0 Å². The third-order valence-electron chi connectivity index (χ3n) is 1.59. The summed E-state index contributed by atoms with van der Waals surface area (Å²) in [7, 11) is 0. The number of alkyl halides is 2. The molecule has 3 heteroatoms. The Hall–Kier alpha value is -0.410. The minimum Gasteiger partial charge on any atom is -0.377 e. The van der Waals surface area contributed by atoms with Crippen molar-refractivity contribution in [1.29, 1.82) is 0 Å². The third kappa shape index (κ3) is 5.01. The molecule has 1 atom stereocenters. The Labute approximate surface area is 86.0 Å². The first-order chi connectivity index (χ1) is 6.29.